The summed E-state index contributed by atoms with van der Waals surface area (Å²) in [5.41, 5.74) is 2.38. The molecule has 0 radical (unpaired) electrons. The van der Waals surface area contributed by atoms with Crippen LogP contribution < -0.4 is 5.32 Å². The summed E-state index contributed by atoms with van der Waals surface area (Å²) >= 11 is 0. The predicted molar refractivity (Wildman–Crippen MR) is 80.0 cm³/mol. The molecule has 1 aliphatic carbocycles. The van der Waals surface area contributed by atoms with Crippen molar-refractivity contribution in [3.05, 3.63) is 29.6 Å². The van der Waals surface area contributed by atoms with Crippen LogP contribution in [0, 0.1) is 0 Å². The number of hydrogen-bond acceptors (Lipinski definition) is 3. The zero-order chi connectivity index (χ0) is 13.5. The molecule has 1 fully saturated rings. The van der Waals surface area contributed by atoms with Crippen molar-refractivity contribution in [1.29, 1.82) is 0 Å². The highest BCUT2D eigenvalue weighted by molar-refractivity contribution is 5.11. The average molecular weight is 261 g/mol. The van der Waals surface area contributed by atoms with Crippen molar-refractivity contribution in [2.24, 2.45) is 0 Å². The Hall–Kier alpha value is -0.930. The first kappa shape index (κ1) is 14.5. The van der Waals surface area contributed by atoms with Gasteiger partial charge in [-0.3, -0.25) is 9.88 Å². The third-order valence-corrected chi connectivity index (χ3v) is 3.67. The summed E-state index contributed by atoms with van der Waals surface area (Å²) in [5, 5.41) is 3.53. The first-order valence-electron chi connectivity index (χ1n) is 7.72. The lowest BCUT2D eigenvalue weighted by atomic mass is 10.2. The number of hydrogen-bond donors (Lipinski definition) is 1. The molecule has 106 valence electrons. The van der Waals surface area contributed by atoms with Gasteiger partial charge in [0, 0.05) is 19.1 Å². The van der Waals surface area contributed by atoms with Gasteiger partial charge in [-0.25, -0.2) is 0 Å². The zero-order valence-corrected chi connectivity index (χ0v) is 12.4. The largest absolute Gasteiger partial charge is 0.308 e. The Balaban J connectivity index is 1.85. The average Bonchev–Trinajstić information content (AvgIpc) is 3.26. The highest BCUT2D eigenvalue weighted by Gasteiger charge is 2.20. The fourth-order valence-corrected chi connectivity index (χ4v) is 2.21. The van der Waals surface area contributed by atoms with Gasteiger partial charge in [-0.1, -0.05) is 26.3 Å². The van der Waals surface area contributed by atoms with E-state index in [1.54, 1.807) is 0 Å². The molecule has 0 bridgehead atoms. The minimum Gasteiger partial charge on any atom is -0.308 e. The second-order valence-electron chi connectivity index (χ2n) is 5.50. The summed E-state index contributed by atoms with van der Waals surface area (Å²) < 4.78 is 0. The Labute approximate surface area is 117 Å². The SMILES string of the molecule is CCCCN(CC)Cc1cccc(CNC2CC2)n1. The molecule has 1 saturated carbocycles. The monoisotopic (exact) mass is 261 g/mol. The van der Waals surface area contributed by atoms with Crippen molar-refractivity contribution >= 4 is 0 Å². The van der Waals surface area contributed by atoms with Crippen molar-refractivity contribution in [3.8, 4) is 0 Å². The van der Waals surface area contributed by atoms with E-state index in [2.05, 4.69) is 42.3 Å². The molecule has 19 heavy (non-hydrogen) atoms. The number of nitrogens with zero attached hydrogens (tertiary/aromatic N) is 2. The molecule has 0 aliphatic heterocycles. The van der Waals surface area contributed by atoms with Gasteiger partial charge in [0.1, 0.15) is 0 Å². The Morgan fingerprint density at radius 1 is 1.26 bits per heavy atom. The molecule has 1 aromatic heterocycles. The maximum Gasteiger partial charge on any atom is 0.0547 e. The molecule has 1 aliphatic rings. The van der Waals surface area contributed by atoms with Gasteiger partial charge >= 0.3 is 0 Å². The highest BCUT2D eigenvalue weighted by Crippen LogP contribution is 2.19. The van der Waals surface area contributed by atoms with Crippen molar-refractivity contribution in [2.75, 3.05) is 13.1 Å². The molecule has 2 rings (SSSR count). The first-order valence-corrected chi connectivity index (χ1v) is 7.72. The Morgan fingerprint density at radius 2 is 2.05 bits per heavy atom. The van der Waals surface area contributed by atoms with Crippen molar-refractivity contribution in [2.45, 2.75) is 58.7 Å². The van der Waals surface area contributed by atoms with Crippen LogP contribution in [0.5, 0.6) is 0 Å². The van der Waals surface area contributed by atoms with Crippen LogP contribution in [0.2, 0.25) is 0 Å². The van der Waals surface area contributed by atoms with Crippen molar-refractivity contribution < 1.29 is 0 Å². The lowest BCUT2D eigenvalue weighted by Gasteiger charge is -2.19. The standard InChI is InChI=1S/C16H27N3/c1-3-5-11-19(4-2)13-16-8-6-7-15(18-16)12-17-14-9-10-14/h6-8,14,17H,3-5,9-13H2,1-2H3. The molecular weight excluding hydrogens is 234 g/mol. The Kier molecular flexibility index (Phi) is 5.80. The predicted octanol–water partition coefficient (Wildman–Crippen LogP) is 2.96. The van der Waals surface area contributed by atoms with Crippen LogP contribution in [0.1, 0.15) is 50.9 Å². The van der Waals surface area contributed by atoms with Gasteiger partial charge in [-0.15, -0.1) is 0 Å². The second-order valence-corrected chi connectivity index (χ2v) is 5.50. The number of pyridine rings is 1. The zero-order valence-electron chi connectivity index (χ0n) is 12.4. The van der Waals surface area contributed by atoms with Crippen LogP contribution in [0.25, 0.3) is 0 Å². The molecule has 0 atom stereocenters. The van der Waals surface area contributed by atoms with Crippen molar-refractivity contribution in [1.82, 2.24) is 15.2 Å². The maximum absolute atomic E-state index is 4.76. The van der Waals surface area contributed by atoms with E-state index in [0.29, 0.717) is 0 Å². The van der Waals surface area contributed by atoms with Crippen LogP contribution in [0.15, 0.2) is 18.2 Å². The van der Waals surface area contributed by atoms with Crippen LogP contribution in [0.4, 0.5) is 0 Å². The van der Waals surface area contributed by atoms with Crippen LogP contribution in [-0.4, -0.2) is 29.0 Å². The number of nitrogens with one attached hydrogen (secondary N) is 1. The molecule has 0 spiro atoms. The quantitative estimate of drug-likeness (QED) is 0.741. The molecule has 1 N–H and O–H groups in total. The number of rotatable bonds is 9. The number of aromatic nitrogens is 1. The van der Waals surface area contributed by atoms with E-state index in [0.717, 1.165) is 25.7 Å². The third kappa shape index (κ3) is 5.29. The summed E-state index contributed by atoms with van der Waals surface area (Å²) in [6, 6.07) is 7.17. The third-order valence-electron chi connectivity index (χ3n) is 3.67. The first-order chi connectivity index (χ1) is 9.31. The Morgan fingerprint density at radius 3 is 2.74 bits per heavy atom. The number of unbranched alkanes of at least 4 members (excludes halogenated alkanes) is 1. The van der Waals surface area contributed by atoms with Crippen LogP contribution >= 0.6 is 0 Å². The van der Waals surface area contributed by atoms with E-state index in [1.165, 1.54) is 43.6 Å². The van der Waals surface area contributed by atoms with Crippen LogP contribution in [0.3, 0.4) is 0 Å². The van der Waals surface area contributed by atoms with Gasteiger partial charge in [0.05, 0.1) is 11.4 Å². The summed E-state index contributed by atoms with van der Waals surface area (Å²) in [6.45, 7) is 8.66. The minimum absolute atomic E-state index is 0.752. The van der Waals surface area contributed by atoms with E-state index < -0.39 is 0 Å². The van der Waals surface area contributed by atoms with Gasteiger partial charge in [0.2, 0.25) is 0 Å². The summed E-state index contributed by atoms with van der Waals surface area (Å²) in [5.74, 6) is 0. The molecule has 0 amide bonds. The lowest BCUT2D eigenvalue weighted by molar-refractivity contribution is 0.272. The minimum atomic E-state index is 0.752. The second kappa shape index (κ2) is 7.61. The summed E-state index contributed by atoms with van der Waals surface area (Å²) in [7, 11) is 0. The fourth-order valence-electron chi connectivity index (χ4n) is 2.21. The van der Waals surface area contributed by atoms with Gasteiger partial charge in [0.25, 0.3) is 0 Å². The molecule has 1 aromatic rings. The summed E-state index contributed by atoms with van der Waals surface area (Å²) in [4.78, 5) is 7.24. The molecule has 1 heterocycles. The molecule has 0 aromatic carbocycles. The van der Waals surface area contributed by atoms with Gasteiger partial charge < -0.3 is 5.32 Å². The smallest absolute Gasteiger partial charge is 0.0547 e. The van der Waals surface area contributed by atoms with E-state index in [9.17, 15) is 0 Å². The Bertz CT molecular complexity index is 374. The fraction of sp³-hybridized carbons (Fsp3) is 0.688. The lowest BCUT2D eigenvalue weighted by Crippen LogP contribution is -2.25. The van der Waals surface area contributed by atoms with E-state index in [1.807, 2.05) is 0 Å². The van der Waals surface area contributed by atoms with E-state index in [-0.39, 0.29) is 0 Å². The van der Waals surface area contributed by atoms with Crippen LogP contribution in [-0.2, 0) is 13.1 Å². The normalized spacial score (nSPS) is 15.1. The topological polar surface area (TPSA) is 28.2 Å². The van der Waals surface area contributed by atoms with Gasteiger partial charge in [0.15, 0.2) is 0 Å². The van der Waals surface area contributed by atoms with Crippen molar-refractivity contribution in [3.63, 3.8) is 0 Å². The molecule has 3 nitrogen and oxygen atoms in total. The molecule has 3 heteroatoms. The van der Waals surface area contributed by atoms with Gasteiger partial charge in [-0.05, 0) is 44.5 Å². The summed E-state index contributed by atoms with van der Waals surface area (Å²) in [6.07, 6.45) is 5.20. The highest BCUT2D eigenvalue weighted by atomic mass is 15.1. The molecule has 0 saturated heterocycles. The van der Waals surface area contributed by atoms with E-state index >= 15 is 0 Å². The van der Waals surface area contributed by atoms with E-state index in [4.69, 9.17) is 4.98 Å². The maximum atomic E-state index is 4.76. The molecule has 0 unspecified atom stereocenters. The van der Waals surface area contributed by atoms with Gasteiger partial charge in [-0.2, -0.15) is 0 Å². The molecular formula is C16H27N3.